The van der Waals surface area contributed by atoms with E-state index in [1.165, 1.54) is 30.3 Å². The highest BCUT2D eigenvalue weighted by Crippen LogP contribution is 2.21. The van der Waals surface area contributed by atoms with Crippen molar-refractivity contribution in [3.8, 4) is 11.8 Å². The van der Waals surface area contributed by atoms with Crippen molar-refractivity contribution in [3.05, 3.63) is 53.8 Å². The summed E-state index contributed by atoms with van der Waals surface area (Å²) in [4.78, 5) is -0.0801. The fourth-order valence-corrected chi connectivity index (χ4v) is 2.61. The van der Waals surface area contributed by atoms with E-state index in [0.717, 1.165) is 12.1 Å². The Morgan fingerprint density at radius 3 is 2.40 bits per heavy atom. The van der Waals surface area contributed by atoms with Gasteiger partial charge in [0.1, 0.15) is 17.6 Å². The van der Waals surface area contributed by atoms with Crippen molar-refractivity contribution in [2.24, 2.45) is 0 Å². The van der Waals surface area contributed by atoms with E-state index >= 15 is 0 Å². The molecule has 0 aliphatic rings. The number of anilines is 1. The summed E-state index contributed by atoms with van der Waals surface area (Å²) in [5, 5.41) is 18.0. The van der Waals surface area contributed by atoms with Gasteiger partial charge in [0.15, 0.2) is 0 Å². The van der Waals surface area contributed by atoms with Crippen molar-refractivity contribution in [2.45, 2.75) is 4.90 Å². The predicted molar refractivity (Wildman–Crippen MR) is 70.0 cm³/mol. The summed E-state index contributed by atoms with van der Waals surface area (Å²) in [6, 6.07) is 9.76. The molecule has 0 aliphatic carbocycles. The number of nitriles is 1. The number of nitrogens with zero attached hydrogens (tertiary/aromatic N) is 1. The lowest BCUT2D eigenvalue weighted by atomic mass is 10.2. The topological polar surface area (TPSA) is 90.2 Å². The first-order valence-electron chi connectivity index (χ1n) is 5.44. The van der Waals surface area contributed by atoms with E-state index in [9.17, 15) is 12.8 Å². The number of halogens is 1. The van der Waals surface area contributed by atoms with E-state index in [1.807, 2.05) is 0 Å². The molecule has 0 unspecified atom stereocenters. The number of rotatable bonds is 3. The molecule has 2 N–H and O–H groups in total. The maximum Gasteiger partial charge on any atom is 0.261 e. The minimum atomic E-state index is -3.91. The third kappa shape index (κ3) is 2.87. The molecule has 0 atom stereocenters. The van der Waals surface area contributed by atoms with Crippen LogP contribution in [0.2, 0.25) is 0 Å². The first-order chi connectivity index (χ1) is 9.42. The molecule has 2 aromatic carbocycles. The number of benzene rings is 2. The predicted octanol–water partition coefficient (Wildman–Crippen LogP) is 2.20. The molecule has 2 rings (SSSR count). The zero-order valence-corrected chi connectivity index (χ0v) is 10.9. The highest BCUT2D eigenvalue weighted by Gasteiger charge is 2.16. The summed E-state index contributed by atoms with van der Waals surface area (Å²) in [5.41, 5.74) is -0.130. The van der Waals surface area contributed by atoms with Crippen LogP contribution in [-0.4, -0.2) is 13.5 Å². The second-order valence-electron chi connectivity index (χ2n) is 3.90. The zero-order chi connectivity index (χ0) is 14.8. The van der Waals surface area contributed by atoms with Gasteiger partial charge in [0.05, 0.1) is 16.1 Å². The molecular formula is C13H9FN2O3S. The van der Waals surface area contributed by atoms with Crippen LogP contribution in [0.4, 0.5) is 10.1 Å². The average Bonchev–Trinajstić information content (AvgIpc) is 2.41. The van der Waals surface area contributed by atoms with Gasteiger partial charge in [0.2, 0.25) is 0 Å². The van der Waals surface area contributed by atoms with Gasteiger partial charge < -0.3 is 5.11 Å². The Balaban J connectivity index is 2.39. The van der Waals surface area contributed by atoms with E-state index in [2.05, 4.69) is 4.72 Å². The molecule has 0 radical (unpaired) electrons. The minimum Gasteiger partial charge on any atom is -0.508 e. The van der Waals surface area contributed by atoms with Gasteiger partial charge in [-0.1, -0.05) is 0 Å². The monoisotopic (exact) mass is 292 g/mol. The lowest BCUT2D eigenvalue weighted by molar-refractivity contribution is 0.475. The summed E-state index contributed by atoms with van der Waals surface area (Å²) in [6.45, 7) is 0. The molecule has 7 heteroatoms. The molecule has 0 amide bonds. The van der Waals surface area contributed by atoms with Crippen LogP contribution in [-0.2, 0) is 10.0 Å². The molecule has 20 heavy (non-hydrogen) atoms. The quantitative estimate of drug-likeness (QED) is 0.907. The average molecular weight is 292 g/mol. The number of aromatic hydroxyl groups is 1. The van der Waals surface area contributed by atoms with Gasteiger partial charge in [0.25, 0.3) is 10.0 Å². The van der Waals surface area contributed by atoms with Gasteiger partial charge in [-0.05, 0) is 42.5 Å². The third-order valence-corrected chi connectivity index (χ3v) is 3.87. The van der Waals surface area contributed by atoms with Crippen molar-refractivity contribution in [1.82, 2.24) is 0 Å². The first-order valence-corrected chi connectivity index (χ1v) is 6.92. The van der Waals surface area contributed by atoms with Crippen LogP contribution < -0.4 is 4.72 Å². The van der Waals surface area contributed by atoms with E-state index < -0.39 is 15.8 Å². The van der Waals surface area contributed by atoms with Crippen LogP contribution in [0.5, 0.6) is 5.75 Å². The molecule has 5 nitrogen and oxygen atoms in total. The number of hydrogen-bond donors (Lipinski definition) is 2. The molecule has 0 aromatic heterocycles. The molecular weight excluding hydrogens is 283 g/mol. The molecule has 102 valence electrons. The molecule has 0 spiro atoms. The van der Waals surface area contributed by atoms with Gasteiger partial charge in [-0.25, -0.2) is 12.8 Å². The minimum absolute atomic E-state index is 0.0121. The lowest BCUT2D eigenvalue weighted by Crippen LogP contribution is -2.13. The Bertz CT molecular complexity index is 780. The fraction of sp³-hybridized carbons (Fsp3) is 0. The number of hydrogen-bond acceptors (Lipinski definition) is 4. The fourth-order valence-electron chi connectivity index (χ4n) is 1.53. The highest BCUT2D eigenvalue weighted by molar-refractivity contribution is 7.92. The van der Waals surface area contributed by atoms with Gasteiger partial charge in [-0.2, -0.15) is 5.26 Å². The normalized spacial score (nSPS) is 10.8. The third-order valence-electron chi connectivity index (χ3n) is 2.49. The molecule has 0 aliphatic heterocycles. The van der Waals surface area contributed by atoms with Crippen LogP contribution >= 0.6 is 0 Å². The number of phenolic OH excluding ortho intramolecular Hbond substituents is 1. The van der Waals surface area contributed by atoms with Crippen molar-refractivity contribution in [1.29, 1.82) is 5.26 Å². The zero-order valence-electron chi connectivity index (χ0n) is 10.0. The highest BCUT2D eigenvalue weighted by atomic mass is 32.2. The molecule has 2 aromatic rings. The van der Waals surface area contributed by atoms with E-state index in [-0.39, 0.29) is 21.9 Å². The SMILES string of the molecule is N#Cc1cc(F)ccc1NS(=O)(=O)c1ccc(O)cc1. The Morgan fingerprint density at radius 1 is 1.15 bits per heavy atom. The van der Waals surface area contributed by atoms with Crippen LogP contribution in [0.15, 0.2) is 47.4 Å². The van der Waals surface area contributed by atoms with Crippen molar-refractivity contribution >= 4 is 15.7 Å². The Hall–Kier alpha value is -2.59. The van der Waals surface area contributed by atoms with Crippen LogP contribution in [0.3, 0.4) is 0 Å². The molecule has 0 heterocycles. The standard InChI is InChI=1S/C13H9FN2O3S/c14-10-1-6-13(9(7-10)8-15)16-20(18,19)12-4-2-11(17)3-5-12/h1-7,16-17H. The smallest absolute Gasteiger partial charge is 0.261 e. The molecule has 0 bridgehead atoms. The Labute approximate surface area is 115 Å². The Morgan fingerprint density at radius 2 is 1.80 bits per heavy atom. The van der Waals surface area contributed by atoms with E-state index in [4.69, 9.17) is 10.4 Å². The van der Waals surface area contributed by atoms with Crippen molar-refractivity contribution in [3.63, 3.8) is 0 Å². The number of phenols is 1. The lowest BCUT2D eigenvalue weighted by Gasteiger charge is -2.09. The van der Waals surface area contributed by atoms with Crippen LogP contribution in [0.1, 0.15) is 5.56 Å². The summed E-state index contributed by atoms with van der Waals surface area (Å²) >= 11 is 0. The Kier molecular flexibility index (Phi) is 3.59. The second kappa shape index (κ2) is 5.19. The van der Waals surface area contributed by atoms with Gasteiger partial charge in [0, 0.05) is 0 Å². The largest absolute Gasteiger partial charge is 0.508 e. The van der Waals surface area contributed by atoms with Crippen LogP contribution in [0, 0.1) is 17.1 Å². The molecule has 0 fully saturated rings. The maximum atomic E-state index is 13.0. The maximum absolute atomic E-state index is 13.0. The summed E-state index contributed by atoms with van der Waals surface area (Å²) in [6.07, 6.45) is 0. The van der Waals surface area contributed by atoms with Crippen LogP contribution in [0.25, 0.3) is 0 Å². The van der Waals surface area contributed by atoms with Gasteiger partial charge in [-0.15, -0.1) is 0 Å². The molecule has 0 saturated heterocycles. The summed E-state index contributed by atoms with van der Waals surface area (Å²) < 4.78 is 39.3. The van der Waals surface area contributed by atoms with Crippen molar-refractivity contribution in [2.75, 3.05) is 4.72 Å². The van der Waals surface area contributed by atoms with Gasteiger partial charge in [-0.3, -0.25) is 4.72 Å². The molecule has 0 saturated carbocycles. The number of nitrogens with one attached hydrogen (secondary N) is 1. The van der Waals surface area contributed by atoms with E-state index in [0.29, 0.717) is 0 Å². The van der Waals surface area contributed by atoms with Gasteiger partial charge >= 0.3 is 0 Å². The van der Waals surface area contributed by atoms with Crippen molar-refractivity contribution < 1.29 is 17.9 Å². The summed E-state index contributed by atoms with van der Waals surface area (Å²) in [7, 11) is -3.91. The first kappa shape index (κ1) is 13.8. The number of sulfonamides is 1. The summed E-state index contributed by atoms with van der Waals surface area (Å²) in [5.74, 6) is -0.697. The van der Waals surface area contributed by atoms with E-state index in [1.54, 1.807) is 6.07 Å². The second-order valence-corrected chi connectivity index (χ2v) is 5.58.